The summed E-state index contributed by atoms with van der Waals surface area (Å²) in [7, 11) is 4.04. The van der Waals surface area contributed by atoms with Gasteiger partial charge >= 0.3 is 0 Å². The summed E-state index contributed by atoms with van der Waals surface area (Å²) in [5.41, 5.74) is 1.81. The van der Waals surface area contributed by atoms with Crippen LogP contribution in [0.2, 0.25) is 0 Å². The highest BCUT2D eigenvalue weighted by atomic mass is 16.5. The molecular formula is C22H28N2O3. The van der Waals surface area contributed by atoms with Crippen LogP contribution < -0.4 is 10.1 Å². The molecule has 2 unspecified atom stereocenters. The van der Waals surface area contributed by atoms with Crippen molar-refractivity contribution < 1.29 is 14.3 Å². The summed E-state index contributed by atoms with van der Waals surface area (Å²) in [4.78, 5) is 14.6. The van der Waals surface area contributed by atoms with Gasteiger partial charge in [-0.2, -0.15) is 0 Å². The predicted molar refractivity (Wildman–Crippen MR) is 106 cm³/mol. The van der Waals surface area contributed by atoms with Gasteiger partial charge in [0.2, 0.25) is 0 Å². The number of amides is 1. The molecule has 2 atom stereocenters. The topological polar surface area (TPSA) is 50.8 Å². The maximum Gasteiger partial charge on any atom is 0.251 e. The highest BCUT2D eigenvalue weighted by molar-refractivity contribution is 5.94. The molecule has 144 valence electrons. The number of nitrogens with zero attached hydrogens (tertiary/aromatic N) is 1. The fourth-order valence-corrected chi connectivity index (χ4v) is 3.23. The lowest BCUT2D eigenvalue weighted by molar-refractivity contribution is 0.0679. The van der Waals surface area contributed by atoms with Gasteiger partial charge in [-0.3, -0.25) is 4.79 Å². The third-order valence-electron chi connectivity index (χ3n) is 4.84. The normalized spacial score (nSPS) is 17.7. The first-order chi connectivity index (χ1) is 13.1. The molecule has 0 spiro atoms. The lowest BCUT2D eigenvalue weighted by Crippen LogP contribution is -2.34. The van der Waals surface area contributed by atoms with Crippen molar-refractivity contribution in [2.45, 2.75) is 25.0 Å². The van der Waals surface area contributed by atoms with Gasteiger partial charge in [0.15, 0.2) is 0 Å². The molecule has 1 heterocycles. The Hall–Kier alpha value is -2.37. The molecule has 2 aromatic carbocycles. The highest BCUT2D eigenvalue weighted by Crippen LogP contribution is 2.18. The molecule has 2 aromatic rings. The van der Waals surface area contributed by atoms with E-state index in [9.17, 15) is 4.79 Å². The van der Waals surface area contributed by atoms with E-state index in [0.29, 0.717) is 18.7 Å². The summed E-state index contributed by atoms with van der Waals surface area (Å²) in [6.45, 7) is 1.93. The zero-order valence-corrected chi connectivity index (χ0v) is 16.1. The van der Waals surface area contributed by atoms with E-state index >= 15 is 0 Å². The first-order valence-corrected chi connectivity index (χ1v) is 9.47. The second-order valence-electron chi connectivity index (χ2n) is 7.07. The molecule has 5 nitrogen and oxygen atoms in total. The van der Waals surface area contributed by atoms with Crippen molar-refractivity contribution in [3.63, 3.8) is 0 Å². The van der Waals surface area contributed by atoms with Crippen LogP contribution in [0, 0.1) is 0 Å². The lowest BCUT2D eigenvalue weighted by atomic mass is 10.1. The SMILES string of the molecule is CN(C)C(CNC(=O)c1ccc(OCC2CCCO2)cc1)c1ccccc1. The number of benzene rings is 2. The second-order valence-corrected chi connectivity index (χ2v) is 7.07. The molecule has 27 heavy (non-hydrogen) atoms. The Labute approximate surface area is 161 Å². The summed E-state index contributed by atoms with van der Waals surface area (Å²) < 4.78 is 11.3. The number of likely N-dealkylation sites (N-methyl/N-ethyl adjacent to an activating group) is 1. The third kappa shape index (κ3) is 5.55. The number of hydrogen-bond donors (Lipinski definition) is 1. The molecule has 0 radical (unpaired) electrons. The minimum absolute atomic E-state index is 0.0801. The number of rotatable bonds is 8. The average molecular weight is 368 g/mol. The zero-order chi connectivity index (χ0) is 19.1. The fraction of sp³-hybridized carbons (Fsp3) is 0.409. The smallest absolute Gasteiger partial charge is 0.251 e. The van der Waals surface area contributed by atoms with Crippen molar-refractivity contribution in [2.24, 2.45) is 0 Å². The molecule has 0 saturated carbocycles. The van der Waals surface area contributed by atoms with E-state index in [1.165, 1.54) is 5.56 Å². The van der Waals surface area contributed by atoms with Gasteiger partial charge in [-0.25, -0.2) is 0 Å². The number of carbonyl (C=O) groups excluding carboxylic acids is 1. The molecule has 3 rings (SSSR count). The number of hydrogen-bond acceptors (Lipinski definition) is 4. The minimum Gasteiger partial charge on any atom is -0.491 e. The predicted octanol–water partition coefficient (Wildman–Crippen LogP) is 3.28. The molecule has 1 amide bonds. The van der Waals surface area contributed by atoms with E-state index < -0.39 is 0 Å². The van der Waals surface area contributed by atoms with Gasteiger partial charge in [-0.05, 0) is 56.8 Å². The largest absolute Gasteiger partial charge is 0.491 e. The Balaban J connectivity index is 1.52. The molecule has 1 N–H and O–H groups in total. The van der Waals surface area contributed by atoms with Gasteiger partial charge < -0.3 is 19.7 Å². The molecule has 1 fully saturated rings. The Morgan fingerprint density at radius 2 is 1.93 bits per heavy atom. The van der Waals surface area contributed by atoms with Gasteiger partial charge in [0.25, 0.3) is 5.91 Å². The summed E-state index contributed by atoms with van der Waals surface area (Å²) in [6, 6.07) is 17.6. The van der Waals surface area contributed by atoms with Crippen LogP contribution in [0.4, 0.5) is 0 Å². The van der Waals surface area contributed by atoms with Crippen LogP contribution in [0.25, 0.3) is 0 Å². The standard InChI is InChI=1S/C22H28N2O3/c1-24(2)21(17-7-4-3-5-8-17)15-23-22(25)18-10-12-19(13-11-18)27-16-20-9-6-14-26-20/h3-5,7-8,10-13,20-21H,6,9,14-16H2,1-2H3,(H,23,25). The summed E-state index contributed by atoms with van der Waals surface area (Å²) in [5, 5.41) is 3.03. The Kier molecular flexibility index (Phi) is 6.85. The Morgan fingerprint density at radius 1 is 1.19 bits per heavy atom. The monoisotopic (exact) mass is 368 g/mol. The maximum absolute atomic E-state index is 12.5. The van der Waals surface area contributed by atoms with Gasteiger partial charge in [-0.15, -0.1) is 0 Å². The third-order valence-corrected chi connectivity index (χ3v) is 4.84. The summed E-state index contributed by atoms with van der Waals surface area (Å²) in [6.07, 6.45) is 2.34. The van der Waals surface area contributed by atoms with Crippen molar-refractivity contribution in [1.82, 2.24) is 10.2 Å². The van der Waals surface area contributed by atoms with Crippen molar-refractivity contribution in [2.75, 3.05) is 33.9 Å². The van der Waals surface area contributed by atoms with Gasteiger partial charge in [-0.1, -0.05) is 30.3 Å². The molecule has 1 aliphatic heterocycles. The van der Waals surface area contributed by atoms with Crippen LogP contribution in [-0.4, -0.2) is 50.8 Å². The first-order valence-electron chi connectivity index (χ1n) is 9.47. The van der Waals surface area contributed by atoms with Crippen LogP contribution in [0.3, 0.4) is 0 Å². The van der Waals surface area contributed by atoms with Crippen LogP contribution in [-0.2, 0) is 4.74 Å². The van der Waals surface area contributed by atoms with E-state index in [0.717, 1.165) is 25.2 Å². The molecule has 0 aliphatic carbocycles. The molecule has 1 saturated heterocycles. The van der Waals surface area contributed by atoms with E-state index in [4.69, 9.17) is 9.47 Å². The average Bonchev–Trinajstić information content (AvgIpc) is 3.21. The first kappa shape index (κ1) is 19.4. The van der Waals surface area contributed by atoms with Gasteiger partial charge in [0, 0.05) is 18.7 Å². The maximum atomic E-state index is 12.5. The van der Waals surface area contributed by atoms with Crippen LogP contribution >= 0.6 is 0 Å². The van der Waals surface area contributed by atoms with Crippen molar-refractivity contribution in [3.8, 4) is 5.75 Å². The molecule has 5 heteroatoms. The van der Waals surface area contributed by atoms with Gasteiger partial charge in [0.1, 0.15) is 12.4 Å². The van der Waals surface area contributed by atoms with Crippen LogP contribution in [0.15, 0.2) is 54.6 Å². The van der Waals surface area contributed by atoms with E-state index in [1.807, 2.05) is 44.4 Å². The molecule has 0 aromatic heterocycles. The minimum atomic E-state index is -0.0801. The Morgan fingerprint density at radius 3 is 2.56 bits per heavy atom. The zero-order valence-electron chi connectivity index (χ0n) is 16.1. The van der Waals surface area contributed by atoms with Crippen LogP contribution in [0.5, 0.6) is 5.75 Å². The quantitative estimate of drug-likeness (QED) is 0.777. The summed E-state index contributed by atoms with van der Waals surface area (Å²) in [5.74, 6) is 0.681. The number of ether oxygens (including phenoxy) is 2. The number of nitrogens with one attached hydrogen (secondary N) is 1. The van der Waals surface area contributed by atoms with Crippen molar-refractivity contribution in [1.29, 1.82) is 0 Å². The van der Waals surface area contributed by atoms with E-state index in [-0.39, 0.29) is 18.1 Å². The van der Waals surface area contributed by atoms with E-state index in [2.05, 4.69) is 22.3 Å². The number of carbonyl (C=O) groups is 1. The molecule has 0 bridgehead atoms. The molecular weight excluding hydrogens is 340 g/mol. The second kappa shape index (κ2) is 9.53. The van der Waals surface area contributed by atoms with Crippen LogP contribution in [0.1, 0.15) is 34.8 Å². The highest BCUT2D eigenvalue weighted by Gasteiger charge is 2.17. The molecule has 1 aliphatic rings. The lowest BCUT2D eigenvalue weighted by Gasteiger charge is -2.25. The van der Waals surface area contributed by atoms with Crippen molar-refractivity contribution >= 4 is 5.91 Å². The van der Waals surface area contributed by atoms with Gasteiger partial charge in [0.05, 0.1) is 12.1 Å². The Bertz CT molecular complexity index is 710. The fourth-order valence-electron chi connectivity index (χ4n) is 3.23. The summed E-state index contributed by atoms with van der Waals surface area (Å²) >= 11 is 0. The van der Waals surface area contributed by atoms with Crippen molar-refractivity contribution in [3.05, 3.63) is 65.7 Å². The van der Waals surface area contributed by atoms with E-state index in [1.54, 1.807) is 12.1 Å².